The lowest BCUT2D eigenvalue weighted by Crippen LogP contribution is -2.39. The Balaban J connectivity index is 1.59. The van der Waals surface area contributed by atoms with Gasteiger partial charge in [0.05, 0.1) is 17.8 Å². The number of likely N-dealkylation sites (tertiary alicyclic amines) is 1. The normalized spacial score (nSPS) is 21.7. The molecule has 0 bridgehead atoms. The van der Waals surface area contributed by atoms with Gasteiger partial charge in [0.25, 0.3) is 5.91 Å². The van der Waals surface area contributed by atoms with Crippen molar-refractivity contribution >= 4 is 5.91 Å². The highest BCUT2D eigenvalue weighted by Crippen LogP contribution is 2.22. The highest BCUT2D eigenvalue weighted by Gasteiger charge is 2.33. The molecule has 1 aliphatic heterocycles. The van der Waals surface area contributed by atoms with Gasteiger partial charge in [-0.05, 0) is 26.3 Å². The Kier molecular flexibility index (Phi) is 4.47. The fourth-order valence-electron chi connectivity index (χ4n) is 3.02. The van der Waals surface area contributed by atoms with E-state index in [9.17, 15) is 9.18 Å². The van der Waals surface area contributed by atoms with Gasteiger partial charge in [0.15, 0.2) is 5.76 Å². The van der Waals surface area contributed by atoms with Gasteiger partial charge in [0.1, 0.15) is 6.17 Å². The molecule has 6 nitrogen and oxygen atoms in total. The van der Waals surface area contributed by atoms with E-state index < -0.39 is 6.17 Å². The van der Waals surface area contributed by atoms with Crippen LogP contribution in [0, 0.1) is 13.8 Å². The molecule has 0 spiro atoms. The van der Waals surface area contributed by atoms with Crippen molar-refractivity contribution in [1.82, 2.24) is 20.4 Å². The van der Waals surface area contributed by atoms with Crippen LogP contribution in [0.3, 0.4) is 0 Å². The molecule has 7 heteroatoms. The van der Waals surface area contributed by atoms with E-state index in [-0.39, 0.29) is 11.9 Å². The SMILES string of the molecule is Cc1cc(CN2C[C@@H](F)C[C@H]2CNC(=O)c2cc[nH]c2C)on1. The van der Waals surface area contributed by atoms with Gasteiger partial charge in [-0.3, -0.25) is 9.69 Å². The van der Waals surface area contributed by atoms with Crippen LogP contribution in [-0.4, -0.2) is 46.3 Å². The van der Waals surface area contributed by atoms with Crippen molar-refractivity contribution in [3.63, 3.8) is 0 Å². The Hall–Kier alpha value is -2.15. The molecular weight excluding hydrogens is 299 g/mol. The van der Waals surface area contributed by atoms with Crippen LogP contribution in [0.2, 0.25) is 0 Å². The van der Waals surface area contributed by atoms with Crippen molar-refractivity contribution in [2.45, 2.75) is 39.0 Å². The zero-order chi connectivity index (χ0) is 16.4. The average Bonchev–Trinajstić information content (AvgIpc) is 3.18. The van der Waals surface area contributed by atoms with E-state index in [0.29, 0.717) is 31.6 Å². The first-order valence-electron chi connectivity index (χ1n) is 7.75. The van der Waals surface area contributed by atoms with Crippen LogP contribution in [0.25, 0.3) is 0 Å². The van der Waals surface area contributed by atoms with Crippen LogP contribution in [0.4, 0.5) is 4.39 Å². The third-order valence-corrected chi connectivity index (χ3v) is 4.21. The number of aromatic amines is 1. The molecule has 0 radical (unpaired) electrons. The smallest absolute Gasteiger partial charge is 0.253 e. The summed E-state index contributed by atoms with van der Waals surface area (Å²) in [4.78, 5) is 17.1. The monoisotopic (exact) mass is 320 g/mol. The van der Waals surface area contributed by atoms with Gasteiger partial charge in [-0.25, -0.2) is 4.39 Å². The van der Waals surface area contributed by atoms with E-state index in [0.717, 1.165) is 17.1 Å². The van der Waals surface area contributed by atoms with Crippen LogP contribution in [0.1, 0.15) is 33.9 Å². The number of halogens is 1. The molecule has 0 aliphatic carbocycles. The molecule has 2 aromatic heterocycles. The number of carbonyl (C=O) groups is 1. The van der Waals surface area contributed by atoms with E-state index in [2.05, 4.69) is 15.5 Å². The number of nitrogens with zero attached hydrogens (tertiary/aromatic N) is 2. The minimum atomic E-state index is -0.880. The Morgan fingerprint density at radius 1 is 1.57 bits per heavy atom. The lowest BCUT2D eigenvalue weighted by atomic mass is 10.2. The van der Waals surface area contributed by atoms with Crippen LogP contribution < -0.4 is 5.32 Å². The van der Waals surface area contributed by atoms with Crippen molar-refractivity contribution < 1.29 is 13.7 Å². The molecule has 124 valence electrons. The second-order valence-corrected chi connectivity index (χ2v) is 6.08. The highest BCUT2D eigenvalue weighted by atomic mass is 19.1. The van der Waals surface area contributed by atoms with Crippen molar-refractivity contribution in [1.29, 1.82) is 0 Å². The molecule has 2 atom stereocenters. The summed E-state index contributed by atoms with van der Waals surface area (Å²) in [6.45, 7) is 4.97. The number of carbonyl (C=O) groups excluding carboxylic acids is 1. The maximum Gasteiger partial charge on any atom is 0.253 e. The fraction of sp³-hybridized carbons (Fsp3) is 0.500. The Morgan fingerprint density at radius 2 is 2.39 bits per heavy atom. The summed E-state index contributed by atoms with van der Waals surface area (Å²) in [6, 6.07) is 3.55. The highest BCUT2D eigenvalue weighted by molar-refractivity contribution is 5.95. The lowest BCUT2D eigenvalue weighted by Gasteiger charge is -2.22. The summed E-state index contributed by atoms with van der Waals surface area (Å²) in [5.74, 6) is 0.580. The molecule has 23 heavy (non-hydrogen) atoms. The molecule has 1 fully saturated rings. The number of rotatable bonds is 5. The number of alkyl halides is 1. The van der Waals surface area contributed by atoms with Gasteiger partial charge in [-0.2, -0.15) is 0 Å². The van der Waals surface area contributed by atoms with Crippen LogP contribution in [-0.2, 0) is 6.54 Å². The van der Waals surface area contributed by atoms with E-state index in [4.69, 9.17) is 4.52 Å². The summed E-state index contributed by atoms with van der Waals surface area (Å²) in [5.41, 5.74) is 2.26. The van der Waals surface area contributed by atoms with Gasteiger partial charge < -0.3 is 14.8 Å². The molecule has 2 N–H and O–H groups in total. The van der Waals surface area contributed by atoms with Gasteiger partial charge in [0.2, 0.25) is 0 Å². The zero-order valence-corrected chi connectivity index (χ0v) is 13.3. The van der Waals surface area contributed by atoms with Crippen molar-refractivity contribution in [2.75, 3.05) is 13.1 Å². The van der Waals surface area contributed by atoms with E-state index in [1.54, 1.807) is 12.3 Å². The minimum absolute atomic E-state index is 0.0430. The first-order valence-corrected chi connectivity index (χ1v) is 7.75. The predicted octanol–water partition coefficient (Wildman–Crippen LogP) is 1.96. The molecule has 1 aliphatic rings. The molecule has 0 unspecified atom stereocenters. The Labute approximate surface area is 134 Å². The quantitative estimate of drug-likeness (QED) is 0.883. The minimum Gasteiger partial charge on any atom is -0.365 e. The number of amides is 1. The average molecular weight is 320 g/mol. The third-order valence-electron chi connectivity index (χ3n) is 4.21. The summed E-state index contributed by atoms with van der Waals surface area (Å²) in [6.07, 6.45) is 1.27. The number of hydrogen-bond donors (Lipinski definition) is 2. The van der Waals surface area contributed by atoms with Crippen molar-refractivity contribution in [2.24, 2.45) is 0 Å². The summed E-state index contributed by atoms with van der Waals surface area (Å²) in [5, 5.41) is 6.75. The molecule has 0 saturated carbocycles. The second kappa shape index (κ2) is 6.54. The standard InChI is InChI=1S/C16H21FN4O2/c1-10-5-14(23-20-10)9-21-8-12(17)6-13(21)7-19-16(22)15-3-4-18-11(15)2/h3-5,12-13,18H,6-9H2,1-2H3,(H,19,22)/t12-,13-/m0/s1. The zero-order valence-electron chi connectivity index (χ0n) is 13.3. The molecule has 2 aromatic rings. The molecule has 1 saturated heterocycles. The molecule has 0 aromatic carbocycles. The number of aromatic nitrogens is 2. The fourth-order valence-corrected chi connectivity index (χ4v) is 3.02. The van der Waals surface area contributed by atoms with Crippen molar-refractivity contribution in [3.05, 3.63) is 41.0 Å². The number of aryl methyl sites for hydroxylation is 2. The van der Waals surface area contributed by atoms with E-state index >= 15 is 0 Å². The number of H-pyrrole nitrogens is 1. The summed E-state index contributed by atoms with van der Waals surface area (Å²) >= 11 is 0. The third kappa shape index (κ3) is 3.61. The topological polar surface area (TPSA) is 74.2 Å². The van der Waals surface area contributed by atoms with E-state index in [1.807, 2.05) is 24.8 Å². The Morgan fingerprint density at radius 3 is 3.04 bits per heavy atom. The molecular formula is C16H21FN4O2. The molecule has 3 heterocycles. The van der Waals surface area contributed by atoms with Gasteiger partial charge >= 0.3 is 0 Å². The first-order chi connectivity index (χ1) is 11.0. The molecule has 3 rings (SSSR count). The van der Waals surface area contributed by atoms with Crippen LogP contribution in [0.5, 0.6) is 0 Å². The number of nitrogens with one attached hydrogen (secondary N) is 2. The van der Waals surface area contributed by atoms with Crippen LogP contribution >= 0.6 is 0 Å². The largest absolute Gasteiger partial charge is 0.365 e. The Bertz CT molecular complexity index is 681. The second-order valence-electron chi connectivity index (χ2n) is 6.08. The van der Waals surface area contributed by atoms with Crippen LogP contribution in [0.15, 0.2) is 22.9 Å². The van der Waals surface area contributed by atoms with Gasteiger partial charge in [-0.1, -0.05) is 5.16 Å². The predicted molar refractivity (Wildman–Crippen MR) is 82.8 cm³/mol. The maximum absolute atomic E-state index is 13.8. The molecule has 1 amide bonds. The first kappa shape index (κ1) is 15.7. The summed E-state index contributed by atoms with van der Waals surface area (Å²) in [7, 11) is 0. The van der Waals surface area contributed by atoms with Crippen molar-refractivity contribution in [3.8, 4) is 0 Å². The van der Waals surface area contributed by atoms with Gasteiger partial charge in [0, 0.05) is 37.1 Å². The number of hydrogen-bond acceptors (Lipinski definition) is 4. The lowest BCUT2D eigenvalue weighted by molar-refractivity contribution is 0.0938. The maximum atomic E-state index is 13.8. The van der Waals surface area contributed by atoms with Gasteiger partial charge in [-0.15, -0.1) is 0 Å². The van der Waals surface area contributed by atoms with E-state index in [1.165, 1.54) is 0 Å². The summed E-state index contributed by atoms with van der Waals surface area (Å²) < 4.78 is 19.0.